The van der Waals surface area contributed by atoms with Crippen LogP contribution in [-0.4, -0.2) is 37.9 Å². The van der Waals surface area contributed by atoms with Gasteiger partial charge in [-0.15, -0.1) is 0 Å². The molecule has 2 aromatic rings. The number of benzene rings is 1. The molecule has 1 aromatic heterocycles. The molecule has 5 nitrogen and oxygen atoms in total. The number of rotatable bonds is 3. The van der Waals surface area contributed by atoms with E-state index in [9.17, 15) is 0 Å². The molecule has 2 heterocycles. The molecule has 0 saturated carbocycles. The molecule has 0 unspecified atom stereocenters. The third kappa shape index (κ3) is 2.49. The standard InChI is InChI=1S/C16H21N3O2/c1-3-21-16-14(19-7-9-20-10-8-19)13-11(2)5-4-6-12(13)15(17)18-16/h4-6H,3,7-10H2,1-2H3,(H2,17,18). The molecule has 0 amide bonds. The van der Waals surface area contributed by atoms with Gasteiger partial charge in [0.2, 0.25) is 5.88 Å². The Bertz CT molecular complexity index is 652. The van der Waals surface area contributed by atoms with Crippen molar-refractivity contribution in [2.75, 3.05) is 43.5 Å². The van der Waals surface area contributed by atoms with Crippen molar-refractivity contribution >= 4 is 22.3 Å². The molecule has 2 N–H and O–H groups in total. The second-order valence-electron chi connectivity index (χ2n) is 5.18. The van der Waals surface area contributed by atoms with Gasteiger partial charge in [-0.3, -0.25) is 0 Å². The molecule has 0 bridgehead atoms. The smallest absolute Gasteiger partial charge is 0.240 e. The molecule has 0 aliphatic carbocycles. The van der Waals surface area contributed by atoms with Gasteiger partial charge in [-0.2, -0.15) is 4.98 Å². The molecule has 1 saturated heterocycles. The minimum Gasteiger partial charge on any atom is -0.476 e. The maximum Gasteiger partial charge on any atom is 0.240 e. The largest absolute Gasteiger partial charge is 0.476 e. The fourth-order valence-corrected chi connectivity index (χ4v) is 2.84. The number of morpholine rings is 1. The zero-order chi connectivity index (χ0) is 14.8. The molecule has 0 spiro atoms. The summed E-state index contributed by atoms with van der Waals surface area (Å²) in [4.78, 5) is 6.77. The van der Waals surface area contributed by atoms with Crippen molar-refractivity contribution in [1.82, 2.24) is 4.98 Å². The summed E-state index contributed by atoms with van der Waals surface area (Å²) in [7, 11) is 0. The van der Waals surface area contributed by atoms with Gasteiger partial charge in [-0.05, 0) is 19.4 Å². The fourth-order valence-electron chi connectivity index (χ4n) is 2.84. The summed E-state index contributed by atoms with van der Waals surface area (Å²) in [5, 5.41) is 2.12. The van der Waals surface area contributed by atoms with Crippen LogP contribution in [-0.2, 0) is 4.74 Å². The number of fused-ring (bicyclic) bond motifs is 1. The van der Waals surface area contributed by atoms with Gasteiger partial charge in [0.05, 0.1) is 19.8 Å². The Morgan fingerprint density at radius 1 is 1.33 bits per heavy atom. The van der Waals surface area contributed by atoms with Crippen LogP contribution in [0.15, 0.2) is 18.2 Å². The summed E-state index contributed by atoms with van der Waals surface area (Å²) in [6, 6.07) is 6.13. The van der Waals surface area contributed by atoms with Crippen LogP contribution in [0.3, 0.4) is 0 Å². The first-order valence-corrected chi connectivity index (χ1v) is 7.36. The van der Waals surface area contributed by atoms with Crippen molar-refractivity contribution in [3.63, 3.8) is 0 Å². The van der Waals surface area contributed by atoms with Crippen LogP contribution in [0.4, 0.5) is 11.5 Å². The number of nitrogen functional groups attached to an aromatic ring is 1. The average Bonchev–Trinajstić information content (AvgIpc) is 2.50. The second-order valence-corrected chi connectivity index (χ2v) is 5.18. The number of ether oxygens (including phenoxy) is 2. The van der Waals surface area contributed by atoms with Gasteiger partial charge in [-0.1, -0.05) is 18.2 Å². The van der Waals surface area contributed by atoms with Gasteiger partial charge in [-0.25, -0.2) is 0 Å². The van der Waals surface area contributed by atoms with Gasteiger partial charge in [0.1, 0.15) is 11.5 Å². The first kappa shape index (κ1) is 13.9. The number of nitrogens with two attached hydrogens (primary N) is 1. The van der Waals surface area contributed by atoms with Gasteiger partial charge in [0, 0.05) is 23.9 Å². The van der Waals surface area contributed by atoms with E-state index >= 15 is 0 Å². The lowest BCUT2D eigenvalue weighted by Crippen LogP contribution is -2.36. The summed E-state index contributed by atoms with van der Waals surface area (Å²) >= 11 is 0. The van der Waals surface area contributed by atoms with Crippen molar-refractivity contribution in [2.45, 2.75) is 13.8 Å². The molecule has 0 atom stereocenters. The molecule has 21 heavy (non-hydrogen) atoms. The molecular weight excluding hydrogens is 266 g/mol. The number of aromatic nitrogens is 1. The quantitative estimate of drug-likeness (QED) is 0.939. The Kier molecular flexibility index (Phi) is 3.84. The van der Waals surface area contributed by atoms with Gasteiger partial charge in [0.25, 0.3) is 0 Å². The summed E-state index contributed by atoms with van der Waals surface area (Å²) in [6.45, 7) is 7.77. The molecule has 1 fully saturated rings. The van der Waals surface area contributed by atoms with Gasteiger partial charge >= 0.3 is 0 Å². The van der Waals surface area contributed by atoms with Crippen LogP contribution in [0.2, 0.25) is 0 Å². The Morgan fingerprint density at radius 2 is 2.10 bits per heavy atom. The molecule has 1 aliphatic rings. The summed E-state index contributed by atoms with van der Waals surface area (Å²) in [5.74, 6) is 1.15. The number of hydrogen-bond donors (Lipinski definition) is 1. The van der Waals surface area contributed by atoms with E-state index in [0.717, 1.165) is 42.8 Å². The van der Waals surface area contributed by atoms with E-state index in [1.165, 1.54) is 5.56 Å². The van der Waals surface area contributed by atoms with Crippen molar-refractivity contribution < 1.29 is 9.47 Å². The van der Waals surface area contributed by atoms with Crippen LogP contribution in [0.25, 0.3) is 10.8 Å². The Balaban J connectivity index is 2.26. The predicted octanol–water partition coefficient (Wildman–Crippen LogP) is 2.36. The van der Waals surface area contributed by atoms with Crippen LogP contribution >= 0.6 is 0 Å². The Hall–Kier alpha value is -2.01. The van der Waals surface area contributed by atoms with E-state index in [-0.39, 0.29) is 0 Å². The molecule has 5 heteroatoms. The second kappa shape index (κ2) is 5.77. The lowest BCUT2D eigenvalue weighted by Gasteiger charge is -2.31. The number of pyridine rings is 1. The van der Waals surface area contributed by atoms with E-state index in [1.807, 2.05) is 19.1 Å². The maximum atomic E-state index is 6.12. The highest BCUT2D eigenvalue weighted by Gasteiger charge is 2.22. The third-order valence-corrected chi connectivity index (χ3v) is 3.82. The minimum atomic E-state index is 0.522. The zero-order valence-electron chi connectivity index (χ0n) is 12.6. The van der Waals surface area contributed by atoms with Crippen molar-refractivity contribution in [2.24, 2.45) is 0 Å². The van der Waals surface area contributed by atoms with E-state index in [2.05, 4.69) is 22.9 Å². The zero-order valence-corrected chi connectivity index (χ0v) is 12.6. The van der Waals surface area contributed by atoms with Crippen LogP contribution in [0.1, 0.15) is 12.5 Å². The average molecular weight is 287 g/mol. The van der Waals surface area contributed by atoms with E-state index < -0.39 is 0 Å². The summed E-state index contributed by atoms with van der Waals surface area (Å²) < 4.78 is 11.2. The normalized spacial score (nSPS) is 15.4. The van der Waals surface area contributed by atoms with Crippen LogP contribution < -0.4 is 15.4 Å². The van der Waals surface area contributed by atoms with Crippen molar-refractivity contribution in [3.05, 3.63) is 23.8 Å². The molecule has 1 aliphatic heterocycles. The molecule has 3 rings (SSSR count). The molecule has 0 radical (unpaired) electrons. The van der Waals surface area contributed by atoms with Crippen molar-refractivity contribution in [1.29, 1.82) is 0 Å². The highest BCUT2D eigenvalue weighted by Crippen LogP contribution is 2.39. The molecular formula is C16H21N3O2. The topological polar surface area (TPSA) is 60.6 Å². The van der Waals surface area contributed by atoms with Crippen LogP contribution in [0, 0.1) is 6.92 Å². The number of nitrogens with zero attached hydrogens (tertiary/aromatic N) is 2. The SMILES string of the molecule is CCOc1nc(N)c2cccc(C)c2c1N1CCOCC1. The first-order valence-electron chi connectivity index (χ1n) is 7.36. The van der Waals surface area contributed by atoms with E-state index in [4.69, 9.17) is 15.2 Å². The Morgan fingerprint density at radius 3 is 2.81 bits per heavy atom. The number of aryl methyl sites for hydroxylation is 1. The highest BCUT2D eigenvalue weighted by molar-refractivity contribution is 6.04. The summed E-state index contributed by atoms with van der Waals surface area (Å²) in [5.41, 5.74) is 8.35. The summed E-state index contributed by atoms with van der Waals surface area (Å²) in [6.07, 6.45) is 0. The molecule has 112 valence electrons. The monoisotopic (exact) mass is 287 g/mol. The predicted molar refractivity (Wildman–Crippen MR) is 85.1 cm³/mol. The fraction of sp³-hybridized carbons (Fsp3) is 0.438. The third-order valence-electron chi connectivity index (χ3n) is 3.82. The van der Waals surface area contributed by atoms with Gasteiger partial charge < -0.3 is 20.1 Å². The minimum absolute atomic E-state index is 0.522. The van der Waals surface area contributed by atoms with Gasteiger partial charge in [0.15, 0.2) is 0 Å². The van der Waals surface area contributed by atoms with E-state index in [1.54, 1.807) is 0 Å². The lowest BCUT2D eigenvalue weighted by molar-refractivity contribution is 0.122. The molecule has 1 aromatic carbocycles. The lowest BCUT2D eigenvalue weighted by atomic mass is 10.0. The van der Waals surface area contributed by atoms with Crippen molar-refractivity contribution in [3.8, 4) is 5.88 Å². The van der Waals surface area contributed by atoms with E-state index in [0.29, 0.717) is 18.3 Å². The number of hydrogen-bond acceptors (Lipinski definition) is 5. The Labute approximate surface area is 124 Å². The highest BCUT2D eigenvalue weighted by atomic mass is 16.5. The number of anilines is 2. The van der Waals surface area contributed by atoms with Crippen LogP contribution in [0.5, 0.6) is 5.88 Å². The maximum absolute atomic E-state index is 6.12. The first-order chi connectivity index (χ1) is 10.2.